The Balaban J connectivity index is 1.17. The zero-order valence-electron chi connectivity index (χ0n) is 23.9. The fourth-order valence-corrected chi connectivity index (χ4v) is 6.59. The van der Waals surface area contributed by atoms with Crippen LogP contribution in [-0.4, -0.2) is 79.1 Å². The second-order valence-electron chi connectivity index (χ2n) is 11.7. The molecule has 2 unspecified atom stereocenters. The zero-order chi connectivity index (χ0) is 28.3. The van der Waals surface area contributed by atoms with Crippen LogP contribution in [0.25, 0.3) is 0 Å². The number of fused-ring (bicyclic) bond motifs is 1. The number of urea groups is 1. The number of amides is 3. The molecule has 2 bridgehead atoms. The first-order chi connectivity index (χ1) is 19.3. The Bertz CT molecular complexity index is 1240. The average Bonchev–Trinajstić information content (AvgIpc) is 2.96. The third-order valence-electron chi connectivity index (χ3n) is 9.11. The lowest BCUT2D eigenvalue weighted by molar-refractivity contribution is -0.0105. The number of hydrogen-bond donors (Lipinski definition) is 1. The number of ether oxygens (including phenoxy) is 1. The number of carbonyl (C=O) groups excluding carboxylic acids is 2. The standard InChI is InChI=1S/C32H41ClN4O3/c1-4-40-26-13-11-25(12-14-26)34-31(39)36-18-15-35(16-19-36)17-20-37(30(38)27-7-5-6-8-29(27)33)22-23-9-10-24-21-28(23)32(24,2)3/h5-9,11-14,24,28H,4,10,15-22H2,1-3H3,(H,34,39). The molecule has 4 aliphatic rings. The normalized spacial score (nSPS) is 21.7. The highest BCUT2D eigenvalue weighted by Gasteiger charge is 2.51. The first kappa shape index (κ1) is 28.5. The Morgan fingerprint density at radius 2 is 1.80 bits per heavy atom. The Morgan fingerprint density at radius 1 is 1.07 bits per heavy atom. The van der Waals surface area contributed by atoms with Crippen molar-refractivity contribution in [1.82, 2.24) is 14.7 Å². The maximum atomic E-state index is 13.7. The van der Waals surface area contributed by atoms with Gasteiger partial charge < -0.3 is 19.9 Å². The smallest absolute Gasteiger partial charge is 0.321 e. The summed E-state index contributed by atoms with van der Waals surface area (Å²) < 4.78 is 5.48. The van der Waals surface area contributed by atoms with E-state index in [2.05, 4.69) is 30.1 Å². The SMILES string of the molecule is CCOc1ccc(NC(=O)N2CCN(CCN(CC3=CCC4CC3C4(C)C)C(=O)c3ccccc3Cl)CC2)cc1. The molecule has 1 heterocycles. The van der Waals surface area contributed by atoms with Crippen molar-refractivity contribution < 1.29 is 14.3 Å². The highest BCUT2D eigenvalue weighted by atomic mass is 35.5. The van der Waals surface area contributed by atoms with Crippen LogP contribution >= 0.6 is 11.6 Å². The highest BCUT2D eigenvalue weighted by molar-refractivity contribution is 6.33. The monoisotopic (exact) mass is 564 g/mol. The molecule has 3 aliphatic carbocycles. The molecule has 0 spiro atoms. The minimum atomic E-state index is -0.0926. The van der Waals surface area contributed by atoms with Gasteiger partial charge in [0.2, 0.25) is 0 Å². The van der Waals surface area contributed by atoms with Gasteiger partial charge in [-0.1, -0.05) is 49.2 Å². The van der Waals surface area contributed by atoms with Crippen molar-refractivity contribution in [2.24, 2.45) is 17.3 Å². The van der Waals surface area contributed by atoms with Crippen molar-refractivity contribution in [2.75, 3.05) is 57.7 Å². The lowest BCUT2D eigenvalue weighted by Gasteiger charge is -2.57. The van der Waals surface area contributed by atoms with Gasteiger partial charge in [0, 0.05) is 51.5 Å². The van der Waals surface area contributed by atoms with Crippen molar-refractivity contribution in [3.05, 3.63) is 70.8 Å². The fraction of sp³-hybridized carbons (Fsp3) is 0.500. The summed E-state index contributed by atoms with van der Waals surface area (Å²) in [6.45, 7) is 12.1. The summed E-state index contributed by atoms with van der Waals surface area (Å²) in [7, 11) is 0. The van der Waals surface area contributed by atoms with Crippen LogP contribution in [0.5, 0.6) is 5.75 Å². The molecule has 3 amide bonds. The molecular formula is C32H41ClN4O3. The molecule has 6 rings (SSSR count). The molecule has 1 N–H and O–H groups in total. The van der Waals surface area contributed by atoms with Gasteiger partial charge in [0.25, 0.3) is 5.91 Å². The summed E-state index contributed by atoms with van der Waals surface area (Å²) in [4.78, 5) is 32.7. The van der Waals surface area contributed by atoms with Crippen molar-refractivity contribution in [3.63, 3.8) is 0 Å². The van der Waals surface area contributed by atoms with Crippen LogP contribution in [-0.2, 0) is 0 Å². The van der Waals surface area contributed by atoms with Crippen molar-refractivity contribution in [2.45, 2.75) is 33.6 Å². The van der Waals surface area contributed by atoms with Gasteiger partial charge in [-0.25, -0.2) is 4.79 Å². The van der Waals surface area contributed by atoms with Gasteiger partial charge in [-0.2, -0.15) is 0 Å². The molecule has 8 heteroatoms. The summed E-state index contributed by atoms with van der Waals surface area (Å²) in [6, 6.07) is 14.7. The summed E-state index contributed by atoms with van der Waals surface area (Å²) in [6.07, 6.45) is 4.71. The number of rotatable bonds is 9. The molecule has 2 aromatic carbocycles. The van der Waals surface area contributed by atoms with Crippen LogP contribution in [0, 0.1) is 17.3 Å². The first-order valence-corrected chi connectivity index (χ1v) is 14.9. The third kappa shape index (κ3) is 6.16. The van der Waals surface area contributed by atoms with E-state index in [1.54, 1.807) is 6.07 Å². The van der Waals surface area contributed by atoms with E-state index in [-0.39, 0.29) is 11.9 Å². The molecule has 1 saturated heterocycles. The fourth-order valence-electron chi connectivity index (χ4n) is 6.37. The van der Waals surface area contributed by atoms with E-state index in [1.165, 1.54) is 12.0 Å². The number of anilines is 1. The van der Waals surface area contributed by atoms with Crippen LogP contribution < -0.4 is 10.1 Å². The molecule has 2 atom stereocenters. The Labute approximate surface area is 243 Å². The van der Waals surface area contributed by atoms with Gasteiger partial charge in [-0.15, -0.1) is 0 Å². The van der Waals surface area contributed by atoms with Crippen LogP contribution in [0.3, 0.4) is 0 Å². The molecule has 7 nitrogen and oxygen atoms in total. The lowest BCUT2D eigenvalue weighted by Crippen LogP contribution is -2.52. The minimum absolute atomic E-state index is 0.0147. The zero-order valence-corrected chi connectivity index (χ0v) is 24.6. The van der Waals surface area contributed by atoms with E-state index in [0.29, 0.717) is 54.7 Å². The summed E-state index contributed by atoms with van der Waals surface area (Å²) in [5, 5.41) is 3.48. The number of hydrogen-bond acceptors (Lipinski definition) is 4. The van der Waals surface area contributed by atoms with E-state index < -0.39 is 0 Å². The Hall–Kier alpha value is -3.03. The van der Waals surface area contributed by atoms with Gasteiger partial charge >= 0.3 is 6.03 Å². The Kier molecular flexibility index (Phi) is 8.71. The number of nitrogens with one attached hydrogen (secondary N) is 1. The van der Waals surface area contributed by atoms with Crippen LogP contribution in [0.4, 0.5) is 10.5 Å². The summed E-state index contributed by atoms with van der Waals surface area (Å²) >= 11 is 6.44. The first-order valence-electron chi connectivity index (χ1n) is 14.5. The second-order valence-corrected chi connectivity index (χ2v) is 12.2. The highest BCUT2D eigenvalue weighted by Crippen LogP contribution is 2.59. The van der Waals surface area contributed by atoms with Crippen molar-refractivity contribution in [1.29, 1.82) is 0 Å². The molecule has 1 aliphatic heterocycles. The third-order valence-corrected chi connectivity index (χ3v) is 9.44. The predicted octanol–water partition coefficient (Wildman–Crippen LogP) is 6.02. The van der Waals surface area contributed by atoms with Crippen molar-refractivity contribution >= 4 is 29.2 Å². The van der Waals surface area contributed by atoms with Gasteiger partial charge in [-0.3, -0.25) is 9.69 Å². The lowest BCUT2D eigenvalue weighted by atomic mass is 9.49. The summed E-state index contributed by atoms with van der Waals surface area (Å²) in [5.74, 6) is 2.08. The van der Waals surface area contributed by atoms with Gasteiger partial charge in [0.05, 0.1) is 17.2 Å². The number of halogens is 1. The number of nitrogens with zero attached hydrogens (tertiary/aromatic N) is 3. The largest absolute Gasteiger partial charge is 0.494 e. The Morgan fingerprint density at radius 3 is 2.45 bits per heavy atom. The van der Waals surface area contributed by atoms with Crippen LogP contribution in [0.15, 0.2) is 60.2 Å². The minimum Gasteiger partial charge on any atom is -0.494 e. The molecule has 2 fully saturated rings. The maximum Gasteiger partial charge on any atom is 0.321 e. The quantitative estimate of drug-likeness (QED) is 0.378. The van der Waals surface area contributed by atoms with Crippen LogP contribution in [0.2, 0.25) is 5.02 Å². The average molecular weight is 565 g/mol. The molecule has 0 radical (unpaired) electrons. The second kappa shape index (κ2) is 12.2. The molecule has 40 heavy (non-hydrogen) atoms. The van der Waals surface area contributed by atoms with E-state index in [0.717, 1.165) is 43.4 Å². The number of piperazine rings is 1. The predicted molar refractivity (Wildman–Crippen MR) is 160 cm³/mol. The van der Waals surface area contributed by atoms with E-state index >= 15 is 0 Å². The summed E-state index contributed by atoms with van der Waals surface area (Å²) in [5.41, 5.74) is 3.01. The molecule has 0 aromatic heterocycles. The van der Waals surface area contributed by atoms with E-state index in [4.69, 9.17) is 16.3 Å². The van der Waals surface area contributed by atoms with Crippen LogP contribution in [0.1, 0.15) is 44.0 Å². The number of carbonyl (C=O) groups is 2. The number of benzene rings is 2. The van der Waals surface area contributed by atoms with Crippen molar-refractivity contribution in [3.8, 4) is 5.75 Å². The molecule has 1 saturated carbocycles. The van der Waals surface area contributed by atoms with E-state index in [9.17, 15) is 9.59 Å². The number of allylic oxidation sites excluding steroid dienone is 1. The molecule has 2 aromatic rings. The molecular weight excluding hydrogens is 524 g/mol. The van der Waals surface area contributed by atoms with Gasteiger partial charge in [0.1, 0.15) is 5.75 Å². The van der Waals surface area contributed by atoms with E-state index in [1.807, 2.05) is 59.2 Å². The topological polar surface area (TPSA) is 65.1 Å². The molecule has 214 valence electrons. The van der Waals surface area contributed by atoms with Gasteiger partial charge in [0.15, 0.2) is 0 Å². The maximum absolute atomic E-state index is 13.7. The van der Waals surface area contributed by atoms with Gasteiger partial charge in [-0.05, 0) is 73.4 Å².